The molecule has 0 aliphatic heterocycles. The van der Waals surface area contributed by atoms with E-state index in [0.717, 1.165) is 42.7 Å². The third-order valence-corrected chi connectivity index (χ3v) is 5.17. The van der Waals surface area contributed by atoms with Crippen LogP contribution < -0.4 is 4.74 Å². The van der Waals surface area contributed by atoms with Gasteiger partial charge in [-0.1, -0.05) is 75.8 Å². The first kappa shape index (κ1) is 24.2. The van der Waals surface area contributed by atoms with Crippen LogP contribution in [0.1, 0.15) is 63.4 Å². The van der Waals surface area contributed by atoms with Gasteiger partial charge in [-0.3, -0.25) is 0 Å². The van der Waals surface area contributed by atoms with Gasteiger partial charge in [0.25, 0.3) is 0 Å². The van der Waals surface area contributed by atoms with E-state index in [2.05, 4.69) is 24.8 Å². The molecule has 0 aromatic heterocycles. The first-order valence-electron chi connectivity index (χ1n) is 11.3. The average Bonchev–Trinajstić information content (AvgIpc) is 2.82. The second-order valence-electron chi connectivity index (χ2n) is 7.62. The van der Waals surface area contributed by atoms with Crippen molar-refractivity contribution in [1.29, 1.82) is 5.26 Å². The van der Waals surface area contributed by atoms with E-state index in [1.807, 2.05) is 36.4 Å². The number of benzene rings is 2. The van der Waals surface area contributed by atoms with Gasteiger partial charge in [-0.25, -0.2) is 4.79 Å². The van der Waals surface area contributed by atoms with E-state index in [-0.39, 0.29) is 5.97 Å². The third kappa shape index (κ3) is 10.00. The smallest absolute Gasteiger partial charge is 0.330 e. The van der Waals surface area contributed by atoms with E-state index in [4.69, 9.17) is 14.7 Å². The quantitative estimate of drug-likeness (QED) is 0.180. The van der Waals surface area contributed by atoms with Crippen LogP contribution in [0.3, 0.4) is 0 Å². The molecule has 4 heteroatoms. The molecule has 0 unspecified atom stereocenters. The minimum atomic E-state index is -0.330. The molecule has 0 spiro atoms. The SMILES string of the molecule is C=CC(=O)OCCCCCCCCCCCOc1ccc(-c2ccc(C#N)cc2)cc1. The summed E-state index contributed by atoms with van der Waals surface area (Å²) < 4.78 is 10.8. The fourth-order valence-corrected chi connectivity index (χ4v) is 3.34. The number of nitrogens with zero attached hydrogens (tertiary/aromatic N) is 1. The molecule has 0 amide bonds. The Morgan fingerprint density at radius 1 is 0.774 bits per heavy atom. The fraction of sp³-hybridized carbons (Fsp3) is 0.407. The van der Waals surface area contributed by atoms with Gasteiger partial charge in [0.05, 0.1) is 24.8 Å². The highest BCUT2D eigenvalue weighted by atomic mass is 16.5. The normalized spacial score (nSPS) is 10.3. The Balaban J connectivity index is 1.46. The number of carbonyl (C=O) groups excluding carboxylic acids is 1. The number of hydrogen-bond acceptors (Lipinski definition) is 4. The maximum atomic E-state index is 10.9. The van der Waals surface area contributed by atoms with E-state index >= 15 is 0 Å². The number of nitriles is 1. The second kappa shape index (κ2) is 14.8. The summed E-state index contributed by atoms with van der Waals surface area (Å²) in [6.45, 7) is 4.63. The van der Waals surface area contributed by atoms with Gasteiger partial charge < -0.3 is 9.47 Å². The Labute approximate surface area is 186 Å². The Bertz CT molecular complexity index is 819. The number of rotatable bonds is 15. The van der Waals surface area contributed by atoms with Gasteiger partial charge in [0.1, 0.15) is 5.75 Å². The molecule has 2 rings (SSSR count). The van der Waals surface area contributed by atoms with Gasteiger partial charge in [0, 0.05) is 6.08 Å². The molecule has 164 valence electrons. The lowest BCUT2D eigenvalue weighted by Crippen LogP contribution is -2.01. The van der Waals surface area contributed by atoms with Gasteiger partial charge in [-0.2, -0.15) is 5.26 Å². The van der Waals surface area contributed by atoms with Gasteiger partial charge >= 0.3 is 5.97 Å². The van der Waals surface area contributed by atoms with Gasteiger partial charge in [0.15, 0.2) is 0 Å². The maximum absolute atomic E-state index is 10.9. The fourth-order valence-electron chi connectivity index (χ4n) is 3.34. The van der Waals surface area contributed by atoms with Crippen LogP contribution in [0.15, 0.2) is 61.2 Å². The molecule has 0 fully saturated rings. The minimum Gasteiger partial charge on any atom is -0.494 e. The van der Waals surface area contributed by atoms with Crippen molar-refractivity contribution in [3.63, 3.8) is 0 Å². The molecule has 0 saturated carbocycles. The highest BCUT2D eigenvalue weighted by molar-refractivity contribution is 5.81. The zero-order valence-corrected chi connectivity index (χ0v) is 18.4. The van der Waals surface area contributed by atoms with E-state index in [0.29, 0.717) is 12.2 Å². The van der Waals surface area contributed by atoms with Crippen LogP contribution in [0.2, 0.25) is 0 Å². The van der Waals surface area contributed by atoms with E-state index < -0.39 is 0 Å². The highest BCUT2D eigenvalue weighted by Gasteiger charge is 2.00. The molecular formula is C27H33NO3. The summed E-state index contributed by atoms with van der Waals surface area (Å²) in [5.74, 6) is 0.570. The molecule has 0 bridgehead atoms. The lowest BCUT2D eigenvalue weighted by molar-refractivity contribution is -0.137. The van der Waals surface area contributed by atoms with Crippen LogP contribution in [0, 0.1) is 11.3 Å². The van der Waals surface area contributed by atoms with Crippen molar-refractivity contribution in [2.75, 3.05) is 13.2 Å². The van der Waals surface area contributed by atoms with Gasteiger partial charge in [-0.15, -0.1) is 0 Å². The van der Waals surface area contributed by atoms with Crippen molar-refractivity contribution >= 4 is 5.97 Å². The zero-order chi connectivity index (χ0) is 22.2. The Kier molecular flexibility index (Phi) is 11.6. The van der Waals surface area contributed by atoms with Crippen LogP contribution in [0.4, 0.5) is 0 Å². The van der Waals surface area contributed by atoms with Crippen molar-refractivity contribution in [1.82, 2.24) is 0 Å². The summed E-state index contributed by atoms with van der Waals surface area (Å²) in [5, 5.41) is 8.89. The average molecular weight is 420 g/mol. The molecule has 0 radical (unpaired) electrons. The van der Waals surface area contributed by atoms with Crippen LogP contribution in [0.25, 0.3) is 11.1 Å². The van der Waals surface area contributed by atoms with Crippen molar-refractivity contribution in [2.45, 2.75) is 57.8 Å². The first-order chi connectivity index (χ1) is 15.2. The summed E-state index contributed by atoms with van der Waals surface area (Å²) in [6.07, 6.45) is 11.8. The molecule has 31 heavy (non-hydrogen) atoms. The Morgan fingerprint density at radius 3 is 1.77 bits per heavy atom. The van der Waals surface area contributed by atoms with Crippen molar-refractivity contribution in [2.24, 2.45) is 0 Å². The number of esters is 1. The molecule has 2 aromatic rings. The van der Waals surface area contributed by atoms with Crippen LogP contribution in [-0.2, 0) is 9.53 Å². The van der Waals surface area contributed by atoms with Crippen molar-refractivity contribution < 1.29 is 14.3 Å². The number of unbranched alkanes of at least 4 members (excludes halogenated alkanes) is 8. The number of ether oxygens (including phenoxy) is 2. The van der Waals surface area contributed by atoms with E-state index in [1.165, 1.54) is 44.6 Å². The summed E-state index contributed by atoms with van der Waals surface area (Å²) >= 11 is 0. The standard InChI is InChI=1S/C27H33NO3/c1-2-27(29)31-21-11-9-7-5-3-4-6-8-10-20-30-26-18-16-25(17-19-26)24-14-12-23(22-28)13-15-24/h2,12-19H,1,3-11,20-21H2. The summed E-state index contributed by atoms with van der Waals surface area (Å²) in [6, 6.07) is 17.9. The van der Waals surface area contributed by atoms with Crippen molar-refractivity contribution in [3.05, 3.63) is 66.7 Å². The molecule has 0 saturated heterocycles. The molecule has 0 aliphatic carbocycles. The molecular weight excluding hydrogens is 386 g/mol. The monoisotopic (exact) mass is 419 g/mol. The zero-order valence-electron chi connectivity index (χ0n) is 18.4. The predicted octanol–water partition coefficient (Wildman–Crippen LogP) is 6.84. The Morgan fingerprint density at radius 2 is 1.26 bits per heavy atom. The molecule has 0 N–H and O–H groups in total. The van der Waals surface area contributed by atoms with E-state index in [1.54, 1.807) is 0 Å². The molecule has 4 nitrogen and oxygen atoms in total. The maximum Gasteiger partial charge on any atom is 0.330 e. The largest absolute Gasteiger partial charge is 0.494 e. The van der Waals surface area contributed by atoms with Crippen molar-refractivity contribution in [3.8, 4) is 22.9 Å². The number of carbonyl (C=O) groups is 1. The summed E-state index contributed by atoms with van der Waals surface area (Å²) in [4.78, 5) is 10.9. The molecule has 0 aliphatic rings. The summed E-state index contributed by atoms with van der Waals surface area (Å²) in [7, 11) is 0. The topological polar surface area (TPSA) is 59.3 Å². The first-order valence-corrected chi connectivity index (χ1v) is 11.3. The van der Waals surface area contributed by atoms with Crippen LogP contribution in [-0.4, -0.2) is 19.2 Å². The molecule has 2 aromatic carbocycles. The lowest BCUT2D eigenvalue weighted by Gasteiger charge is -2.08. The minimum absolute atomic E-state index is 0.330. The van der Waals surface area contributed by atoms with E-state index in [9.17, 15) is 4.79 Å². The predicted molar refractivity (Wildman–Crippen MR) is 125 cm³/mol. The molecule has 0 atom stereocenters. The molecule has 0 heterocycles. The highest BCUT2D eigenvalue weighted by Crippen LogP contribution is 2.23. The van der Waals surface area contributed by atoms with Gasteiger partial charge in [0.2, 0.25) is 0 Å². The third-order valence-electron chi connectivity index (χ3n) is 5.17. The van der Waals surface area contributed by atoms with Crippen LogP contribution >= 0.6 is 0 Å². The second-order valence-corrected chi connectivity index (χ2v) is 7.62. The van der Waals surface area contributed by atoms with Gasteiger partial charge in [-0.05, 0) is 48.2 Å². The Hall–Kier alpha value is -3.06. The summed E-state index contributed by atoms with van der Waals surface area (Å²) in [5.41, 5.74) is 2.89. The van der Waals surface area contributed by atoms with Crippen LogP contribution in [0.5, 0.6) is 5.75 Å². The lowest BCUT2D eigenvalue weighted by atomic mass is 10.0. The number of hydrogen-bond donors (Lipinski definition) is 0.